The van der Waals surface area contributed by atoms with Crippen LogP contribution in [0.1, 0.15) is 0 Å². The van der Waals surface area contributed by atoms with Crippen molar-refractivity contribution in [3.8, 4) is 180 Å². The Kier molecular flexibility index (Phi) is 18.5. The van der Waals surface area contributed by atoms with Gasteiger partial charge < -0.3 is 0 Å². The number of aromatic nitrogens is 6. The average Bonchev–Trinajstić information content (AvgIpc) is 0.670. The van der Waals surface area contributed by atoms with Crippen LogP contribution in [0.25, 0.3) is 255 Å². The van der Waals surface area contributed by atoms with Crippen LogP contribution >= 0.6 is 0 Å². The summed E-state index contributed by atoms with van der Waals surface area (Å²) in [6.45, 7) is 0. The van der Waals surface area contributed by atoms with Crippen molar-refractivity contribution in [2.75, 3.05) is 0 Å². The first-order chi connectivity index (χ1) is 63.5. The lowest BCUT2D eigenvalue weighted by atomic mass is 9.73. The summed E-state index contributed by atoms with van der Waals surface area (Å²) in [4.78, 5) is 31.8. The van der Waals surface area contributed by atoms with Crippen LogP contribution in [-0.2, 0) is 0 Å². The van der Waals surface area contributed by atoms with Crippen molar-refractivity contribution < 1.29 is 0 Å². The number of benzene rings is 22. The number of rotatable bonds is 16. The van der Waals surface area contributed by atoms with Gasteiger partial charge in [-0.15, -0.1) is 0 Å². The highest BCUT2D eigenvalue weighted by Crippen LogP contribution is 2.61. The monoisotopic (exact) mass is 1620 g/mol. The lowest BCUT2D eigenvalue weighted by Gasteiger charge is -2.29. The van der Waals surface area contributed by atoms with Gasteiger partial charge in [0, 0.05) is 33.4 Å². The Morgan fingerprint density at radius 3 is 0.523 bits per heavy atom. The molecule has 22 aromatic carbocycles. The molecule has 2 aromatic heterocycles. The van der Waals surface area contributed by atoms with Crippen LogP contribution in [0.2, 0.25) is 0 Å². The smallest absolute Gasteiger partial charge is 0.164 e. The molecule has 24 rings (SSSR count). The van der Waals surface area contributed by atoms with Gasteiger partial charge in [0.15, 0.2) is 34.9 Å². The van der Waals surface area contributed by atoms with Crippen LogP contribution in [0.15, 0.2) is 461 Å². The summed E-state index contributed by atoms with van der Waals surface area (Å²) in [5.74, 6) is 3.51. The van der Waals surface area contributed by atoms with Gasteiger partial charge in [0.25, 0.3) is 0 Å². The summed E-state index contributed by atoms with van der Waals surface area (Å²) in [7, 11) is 0. The number of hydrogen-bond donors (Lipinski definition) is 0. The molecule has 0 aliphatic rings. The highest BCUT2D eigenvalue weighted by Gasteiger charge is 2.33. The van der Waals surface area contributed by atoms with Gasteiger partial charge in [-0.1, -0.05) is 461 Å². The van der Waals surface area contributed by atoms with Gasteiger partial charge in [-0.2, -0.15) is 0 Å². The minimum Gasteiger partial charge on any atom is -0.208 e. The second kappa shape index (κ2) is 31.7. The van der Waals surface area contributed by atoms with Gasteiger partial charge >= 0.3 is 0 Å². The van der Waals surface area contributed by atoms with Crippen LogP contribution in [0.4, 0.5) is 0 Å². The molecule has 0 fully saturated rings. The van der Waals surface area contributed by atoms with Gasteiger partial charge in [-0.3, -0.25) is 0 Å². The van der Waals surface area contributed by atoms with Crippen molar-refractivity contribution in [1.29, 1.82) is 0 Å². The molecular formula is C122H76N6. The van der Waals surface area contributed by atoms with E-state index in [-0.39, 0.29) is 0 Å². The summed E-state index contributed by atoms with van der Waals surface area (Å²) < 4.78 is 0. The third kappa shape index (κ3) is 13.0. The molecule has 0 aliphatic heterocycles. The van der Waals surface area contributed by atoms with E-state index >= 15 is 0 Å². The molecule has 0 bridgehead atoms. The maximum Gasteiger partial charge on any atom is 0.164 e. The summed E-state index contributed by atoms with van der Waals surface area (Å²) in [5.41, 5.74) is 27.4. The zero-order chi connectivity index (χ0) is 84.5. The van der Waals surface area contributed by atoms with Crippen LogP contribution in [0, 0.1) is 0 Å². The van der Waals surface area contributed by atoms with Crippen molar-refractivity contribution in [2.45, 2.75) is 0 Å². The third-order valence-electron chi connectivity index (χ3n) is 25.5. The fourth-order valence-corrected chi connectivity index (χ4v) is 19.8. The summed E-state index contributed by atoms with van der Waals surface area (Å²) in [6, 6.07) is 168. The Hall–Kier alpha value is -17.1. The molecule has 0 spiro atoms. The van der Waals surface area contributed by atoms with Gasteiger partial charge in [0.1, 0.15) is 0 Å². The maximum absolute atomic E-state index is 5.36. The first-order valence-electron chi connectivity index (χ1n) is 43.6. The molecule has 2 heterocycles. The van der Waals surface area contributed by atoms with Crippen LogP contribution in [-0.4, -0.2) is 29.9 Å². The Morgan fingerprint density at radius 2 is 0.266 bits per heavy atom. The third-order valence-corrected chi connectivity index (χ3v) is 25.5. The Bertz CT molecular complexity index is 7750. The molecule has 0 radical (unpaired) electrons. The molecule has 128 heavy (non-hydrogen) atoms. The molecule has 0 saturated carbocycles. The van der Waals surface area contributed by atoms with E-state index in [9.17, 15) is 0 Å². The van der Waals surface area contributed by atoms with Crippen LogP contribution < -0.4 is 0 Å². The van der Waals surface area contributed by atoms with E-state index in [0.29, 0.717) is 34.9 Å². The lowest BCUT2D eigenvalue weighted by Crippen LogP contribution is -2.02. The molecule has 0 saturated heterocycles. The van der Waals surface area contributed by atoms with Gasteiger partial charge in [0.2, 0.25) is 0 Å². The Labute approximate surface area is 740 Å². The molecule has 24 aromatic rings. The van der Waals surface area contributed by atoms with Crippen molar-refractivity contribution in [3.05, 3.63) is 461 Å². The highest BCUT2D eigenvalue weighted by atomic mass is 15.0. The zero-order valence-electron chi connectivity index (χ0n) is 69.6. The predicted octanol–water partition coefficient (Wildman–Crippen LogP) is 32.2. The molecular weight excluding hydrogens is 1550 g/mol. The summed E-state index contributed by atoms with van der Waals surface area (Å²) in [6.07, 6.45) is 0. The van der Waals surface area contributed by atoms with Crippen LogP contribution in [0.5, 0.6) is 0 Å². The van der Waals surface area contributed by atoms with Crippen molar-refractivity contribution in [1.82, 2.24) is 29.9 Å². The number of nitrogens with zero attached hydrogens (tertiary/aromatic N) is 6. The molecule has 0 aliphatic carbocycles. The first-order valence-corrected chi connectivity index (χ1v) is 43.6. The summed E-state index contributed by atoms with van der Waals surface area (Å²) >= 11 is 0. The minimum absolute atomic E-state index is 0.567. The largest absolute Gasteiger partial charge is 0.208 e. The number of hydrogen-bond acceptors (Lipinski definition) is 6. The molecule has 594 valence electrons. The maximum atomic E-state index is 5.36. The topological polar surface area (TPSA) is 77.3 Å². The van der Waals surface area contributed by atoms with Crippen molar-refractivity contribution in [3.63, 3.8) is 0 Å². The highest BCUT2D eigenvalue weighted by molar-refractivity contribution is 6.46. The van der Waals surface area contributed by atoms with Gasteiger partial charge in [-0.05, 0) is 187 Å². The normalized spacial score (nSPS) is 11.6. The standard InChI is InChI=1S/C122H76N6/c1-9-35-81(36-10-1)103-104(82-37-11-2-12-38-82)108(84-41-15-4-16-42-84)114-100-58-32-60-102-112(100)111-99(113(114)107(103)83-39-13-3-14-40-83)57-31-59-101(111)115-109(87-69-73-93(74-70-87)121-125-117(89-43-17-5-18-44-89)123-118(126-121)90-45-19-6-20-46-90)105(85-65-61-79(62-66-85)97-55-29-51-77-33-25-27-53-95(77)97)106(86-67-63-80(64-68-86)98-56-30-52-78-34-26-28-54-96(78)98)110(116(102)115)88-71-75-94(76-72-88)122-127-119(91-47-21-7-22-48-91)124-120(128-122)92-49-23-8-24-50-92/h1-76H. The van der Waals surface area contributed by atoms with E-state index in [1.54, 1.807) is 0 Å². The second-order valence-corrected chi connectivity index (χ2v) is 32.9. The van der Waals surface area contributed by atoms with E-state index in [0.717, 1.165) is 155 Å². The quantitative estimate of drug-likeness (QED) is 0.0709. The second-order valence-electron chi connectivity index (χ2n) is 32.9. The Morgan fingerprint density at radius 1 is 0.102 bits per heavy atom. The summed E-state index contributed by atoms with van der Waals surface area (Å²) in [5, 5.41) is 16.2. The molecule has 0 amide bonds. The van der Waals surface area contributed by atoms with E-state index in [4.69, 9.17) is 29.9 Å². The van der Waals surface area contributed by atoms with E-state index < -0.39 is 0 Å². The van der Waals surface area contributed by atoms with Crippen LogP contribution in [0.3, 0.4) is 0 Å². The Balaban J connectivity index is 0.885. The van der Waals surface area contributed by atoms with E-state index in [1.165, 1.54) is 65.3 Å². The zero-order valence-corrected chi connectivity index (χ0v) is 69.6. The molecule has 6 heteroatoms. The van der Waals surface area contributed by atoms with Gasteiger partial charge in [-0.25, -0.2) is 29.9 Å². The van der Waals surface area contributed by atoms with Crippen molar-refractivity contribution in [2.24, 2.45) is 0 Å². The van der Waals surface area contributed by atoms with E-state index in [1.807, 2.05) is 72.8 Å². The predicted molar refractivity (Wildman–Crippen MR) is 534 cm³/mol. The SMILES string of the molecule is c1ccc(-c2nc(-c3ccccc3)nc(-c3ccc(-c4c(-c5ccc(-c6cccc7ccccc67)cc5)c(-c5ccc(-c6cccc7ccccc67)cc5)c(-c5ccc(-c6nc(-c7ccccc7)nc(-c7ccccc7)n6)cc5)c5c6cccc7c8c(-c9ccccc9)c(-c9ccccc9)c(-c9ccccc9)c(-c9ccccc9)c8c8cccc(c45)c8c76)cc3)n2)cc1. The fourth-order valence-electron chi connectivity index (χ4n) is 19.8. The minimum atomic E-state index is 0.567. The fraction of sp³-hybridized carbons (Fsp3) is 0. The molecule has 6 nitrogen and oxygen atoms in total. The number of fused-ring (bicyclic) bond motifs is 8. The molecule has 0 N–H and O–H groups in total. The molecule has 0 unspecified atom stereocenters. The average molecular weight is 1630 g/mol. The lowest BCUT2D eigenvalue weighted by molar-refractivity contribution is 1.07. The molecule has 0 atom stereocenters. The van der Waals surface area contributed by atoms with E-state index in [2.05, 4.69) is 388 Å². The first kappa shape index (κ1) is 74.7. The van der Waals surface area contributed by atoms with Crippen molar-refractivity contribution >= 4 is 75.4 Å². The van der Waals surface area contributed by atoms with Gasteiger partial charge in [0.05, 0.1) is 0 Å².